The van der Waals surface area contributed by atoms with E-state index in [0.717, 1.165) is 0 Å². The average molecular weight is 337 g/mol. The molecule has 2 amide bonds. The largest absolute Gasteiger partial charge is 0.417 e. The van der Waals surface area contributed by atoms with Gasteiger partial charge in [-0.1, -0.05) is 20.8 Å². The molecule has 3 N–H and O–H groups in total. The maximum absolute atomic E-state index is 12.1. The first-order chi connectivity index (χ1) is 10.5. The lowest BCUT2D eigenvalue weighted by Gasteiger charge is -2.36. The molecule has 0 aromatic carbocycles. The van der Waals surface area contributed by atoms with Crippen LogP contribution in [0.3, 0.4) is 0 Å². The molecule has 1 aromatic heterocycles. The van der Waals surface area contributed by atoms with Crippen LogP contribution in [-0.2, 0) is 9.22 Å². The van der Waals surface area contributed by atoms with Gasteiger partial charge in [0.05, 0.1) is 5.56 Å². The van der Waals surface area contributed by atoms with Gasteiger partial charge in [0.15, 0.2) is 8.32 Å². The first-order valence-electron chi connectivity index (χ1n) is 7.69. The number of rotatable bonds is 7. The molecule has 0 saturated heterocycles. The van der Waals surface area contributed by atoms with Gasteiger partial charge in [-0.3, -0.25) is 14.6 Å². The normalized spacial score (nSPS) is 13.4. The standard InChI is InChI=1S/C16H27N3O3Si/c1-16(2,3)23(4,5)22-10-8-13(14(17)20)19-15(21)12-7-6-9-18-11-12/h6-7,9,11,13H,8,10H2,1-5H3,(H2,17,20)(H,19,21)/t13-/m0/s1. The molecular weight excluding hydrogens is 310 g/mol. The second-order valence-electron chi connectivity index (χ2n) is 7.07. The molecule has 1 heterocycles. The van der Waals surface area contributed by atoms with Crippen LogP contribution in [0.5, 0.6) is 0 Å². The second kappa shape index (κ2) is 7.70. The summed E-state index contributed by atoms with van der Waals surface area (Å²) in [5, 5.41) is 2.73. The lowest BCUT2D eigenvalue weighted by Crippen LogP contribution is -2.47. The highest BCUT2D eigenvalue weighted by Crippen LogP contribution is 2.36. The Morgan fingerprint density at radius 3 is 2.52 bits per heavy atom. The van der Waals surface area contributed by atoms with Gasteiger partial charge in [0.2, 0.25) is 5.91 Å². The van der Waals surface area contributed by atoms with Crippen molar-refractivity contribution < 1.29 is 14.0 Å². The van der Waals surface area contributed by atoms with Crippen LogP contribution in [0.2, 0.25) is 18.1 Å². The fraction of sp³-hybridized carbons (Fsp3) is 0.562. The van der Waals surface area contributed by atoms with E-state index in [0.29, 0.717) is 18.6 Å². The Bertz CT molecular complexity index is 541. The SMILES string of the molecule is CC(C)(C)[Si](C)(C)OCC[C@H](NC(=O)c1cccnc1)C(N)=O. The fourth-order valence-electron chi connectivity index (χ4n) is 1.67. The summed E-state index contributed by atoms with van der Waals surface area (Å²) in [6, 6.07) is 2.54. The monoisotopic (exact) mass is 337 g/mol. The van der Waals surface area contributed by atoms with E-state index in [1.807, 2.05) is 0 Å². The number of carbonyl (C=O) groups is 2. The maximum atomic E-state index is 12.1. The van der Waals surface area contributed by atoms with Gasteiger partial charge < -0.3 is 15.5 Å². The molecule has 0 aliphatic heterocycles. The summed E-state index contributed by atoms with van der Waals surface area (Å²) < 4.78 is 6.03. The Balaban J connectivity index is 2.60. The molecule has 1 aromatic rings. The highest BCUT2D eigenvalue weighted by molar-refractivity contribution is 6.74. The topological polar surface area (TPSA) is 94.3 Å². The number of aromatic nitrogens is 1. The van der Waals surface area contributed by atoms with Gasteiger partial charge >= 0.3 is 0 Å². The van der Waals surface area contributed by atoms with Crippen LogP contribution in [0.15, 0.2) is 24.5 Å². The maximum Gasteiger partial charge on any atom is 0.253 e. The van der Waals surface area contributed by atoms with Crippen LogP contribution in [0.1, 0.15) is 37.6 Å². The summed E-state index contributed by atoms with van der Waals surface area (Å²) in [6.07, 6.45) is 3.38. The van der Waals surface area contributed by atoms with Crippen molar-refractivity contribution in [2.75, 3.05) is 6.61 Å². The number of pyridine rings is 1. The second-order valence-corrected chi connectivity index (χ2v) is 11.9. The van der Waals surface area contributed by atoms with Crippen molar-refractivity contribution >= 4 is 20.1 Å². The van der Waals surface area contributed by atoms with Crippen LogP contribution >= 0.6 is 0 Å². The zero-order valence-electron chi connectivity index (χ0n) is 14.6. The van der Waals surface area contributed by atoms with Crippen molar-refractivity contribution in [2.45, 2.75) is 51.4 Å². The number of carbonyl (C=O) groups excluding carboxylic acids is 2. The molecule has 0 radical (unpaired) electrons. The third-order valence-electron chi connectivity index (χ3n) is 4.25. The van der Waals surface area contributed by atoms with E-state index in [2.05, 4.69) is 44.2 Å². The predicted molar refractivity (Wildman–Crippen MR) is 92.5 cm³/mol. The number of nitrogens with two attached hydrogens (primary N) is 1. The van der Waals surface area contributed by atoms with Gasteiger partial charge in [0.1, 0.15) is 6.04 Å². The molecule has 0 bridgehead atoms. The molecule has 0 aliphatic carbocycles. The first kappa shape index (κ1) is 19.3. The molecule has 1 rings (SSSR count). The summed E-state index contributed by atoms with van der Waals surface area (Å²) in [7, 11) is -1.89. The summed E-state index contributed by atoms with van der Waals surface area (Å²) in [5.74, 6) is -0.935. The number of nitrogens with one attached hydrogen (secondary N) is 1. The van der Waals surface area contributed by atoms with Gasteiger partial charge in [-0.25, -0.2) is 0 Å². The summed E-state index contributed by atoms with van der Waals surface area (Å²) in [6.45, 7) is 11.1. The Morgan fingerprint density at radius 2 is 2.04 bits per heavy atom. The molecule has 6 nitrogen and oxygen atoms in total. The van der Waals surface area contributed by atoms with Crippen molar-refractivity contribution in [3.05, 3.63) is 30.1 Å². The molecule has 1 atom stereocenters. The minimum absolute atomic E-state index is 0.0914. The van der Waals surface area contributed by atoms with E-state index in [-0.39, 0.29) is 10.9 Å². The molecular formula is C16H27N3O3Si. The zero-order valence-corrected chi connectivity index (χ0v) is 15.6. The number of amides is 2. The quantitative estimate of drug-likeness (QED) is 0.745. The molecule has 0 fully saturated rings. The summed E-state index contributed by atoms with van der Waals surface area (Å²) >= 11 is 0. The molecule has 128 valence electrons. The van der Waals surface area contributed by atoms with Crippen LogP contribution in [0.4, 0.5) is 0 Å². The molecule has 0 aliphatic rings. The molecule has 0 spiro atoms. The smallest absolute Gasteiger partial charge is 0.253 e. The lowest BCUT2D eigenvalue weighted by atomic mass is 10.2. The highest BCUT2D eigenvalue weighted by Gasteiger charge is 2.37. The average Bonchev–Trinajstić information content (AvgIpc) is 2.45. The van der Waals surface area contributed by atoms with E-state index >= 15 is 0 Å². The van der Waals surface area contributed by atoms with E-state index in [1.54, 1.807) is 18.3 Å². The third kappa shape index (κ3) is 5.76. The minimum atomic E-state index is -1.89. The first-order valence-corrected chi connectivity index (χ1v) is 10.6. The van der Waals surface area contributed by atoms with Crippen molar-refractivity contribution in [3.63, 3.8) is 0 Å². The van der Waals surface area contributed by atoms with Gasteiger partial charge in [-0.05, 0) is 36.7 Å². The predicted octanol–water partition coefficient (Wildman–Crippen LogP) is 2.08. The van der Waals surface area contributed by atoms with Gasteiger partial charge in [0, 0.05) is 19.0 Å². The van der Waals surface area contributed by atoms with Crippen molar-refractivity contribution in [1.82, 2.24) is 10.3 Å². The van der Waals surface area contributed by atoms with Crippen LogP contribution in [0.25, 0.3) is 0 Å². The molecule has 0 unspecified atom stereocenters. The van der Waals surface area contributed by atoms with Crippen molar-refractivity contribution in [2.24, 2.45) is 5.73 Å². The Labute approximate surface area is 138 Å². The Kier molecular flexibility index (Phi) is 6.46. The van der Waals surface area contributed by atoms with Crippen LogP contribution in [-0.4, -0.2) is 37.8 Å². The van der Waals surface area contributed by atoms with E-state index in [4.69, 9.17) is 10.2 Å². The lowest BCUT2D eigenvalue weighted by molar-refractivity contribution is -0.120. The van der Waals surface area contributed by atoms with Crippen LogP contribution in [0, 0.1) is 0 Å². The number of primary amides is 1. The van der Waals surface area contributed by atoms with E-state index in [9.17, 15) is 9.59 Å². The number of hydrogen-bond donors (Lipinski definition) is 2. The summed E-state index contributed by atoms with van der Waals surface area (Å²) in [5.41, 5.74) is 5.78. The summed E-state index contributed by atoms with van der Waals surface area (Å²) in [4.78, 5) is 27.5. The van der Waals surface area contributed by atoms with E-state index < -0.39 is 20.3 Å². The molecule has 0 saturated carbocycles. The number of hydrogen-bond acceptors (Lipinski definition) is 4. The molecule has 7 heteroatoms. The molecule has 23 heavy (non-hydrogen) atoms. The van der Waals surface area contributed by atoms with Gasteiger partial charge in [-0.2, -0.15) is 0 Å². The third-order valence-corrected chi connectivity index (χ3v) is 8.79. The zero-order chi connectivity index (χ0) is 17.7. The van der Waals surface area contributed by atoms with Gasteiger partial charge in [-0.15, -0.1) is 0 Å². The Morgan fingerprint density at radius 1 is 1.39 bits per heavy atom. The van der Waals surface area contributed by atoms with Crippen molar-refractivity contribution in [3.8, 4) is 0 Å². The Hall–Kier alpha value is -1.73. The van der Waals surface area contributed by atoms with Crippen molar-refractivity contribution in [1.29, 1.82) is 0 Å². The van der Waals surface area contributed by atoms with E-state index in [1.165, 1.54) is 6.20 Å². The minimum Gasteiger partial charge on any atom is -0.417 e. The van der Waals surface area contributed by atoms with Gasteiger partial charge in [0.25, 0.3) is 5.91 Å². The highest BCUT2D eigenvalue weighted by atomic mass is 28.4. The van der Waals surface area contributed by atoms with Crippen LogP contribution < -0.4 is 11.1 Å². The number of nitrogens with zero attached hydrogens (tertiary/aromatic N) is 1. The fourth-order valence-corrected chi connectivity index (χ4v) is 2.73.